The van der Waals surface area contributed by atoms with Gasteiger partial charge in [0.15, 0.2) is 0 Å². The lowest BCUT2D eigenvalue weighted by molar-refractivity contribution is 1.16. The minimum atomic E-state index is -0.0943. The number of para-hydroxylation sites is 4. The van der Waals surface area contributed by atoms with Crippen LogP contribution in [0.25, 0.3) is 44.5 Å². The smallest absolute Gasteiger partial charge is 0.252 e. The minimum Gasteiger partial charge on any atom is -0.308 e. The van der Waals surface area contributed by atoms with Crippen LogP contribution in [0.3, 0.4) is 0 Å². The summed E-state index contributed by atoms with van der Waals surface area (Å²) in [5.41, 5.74) is 48.2. The third kappa shape index (κ3) is 5.29. The average Bonchev–Trinajstić information content (AvgIpc) is 0.826. The van der Waals surface area contributed by atoms with Crippen LogP contribution in [0.1, 0.15) is 44.5 Å². The first-order chi connectivity index (χ1) is 44.3. The summed E-state index contributed by atoms with van der Waals surface area (Å²) in [6.45, 7) is -0.277. The van der Waals surface area contributed by atoms with Crippen molar-refractivity contribution in [2.24, 2.45) is 0 Å². The SMILES string of the molecule is c1ccc(N2c3cccc4c3N3c5c(cc6c7c5B4c4cccc5c4N7c4c(ccc7c4B6c4ccccc4C7=C4c6ccccc6-c6ccccc64)N5c4ccccc4)B4c5ccccc5C(=C5c6ccccc6-c6ccccc65)c5ccc2c3c54)cc1. The second-order valence-electron chi connectivity index (χ2n) is 25.6. The second-order valence-corrected chi connectivity index (χ2v) is 25.6. The molecule has 0 saturated heterocycles. The number of benzene rings is 13. The Labute approximate surface area is 516 Å². The van der Waals surface area contributed by atoms with Gasteiger partial charge >= 0.3 is 0 Å². The Kier molecular flexibility index (Phi) is 8.28. The monoisotopic (exact) mass is 1120 g/mol. The van der Waals surface area contributed by atoms with Crippen molar-refractivity contribution in [1.29, 1.82) is 0 Å². The lowest BCUT2D eigenvalue weighted by Crippen LogP contribution is -2.73. The molecule has 8 heterocycles. The molecule has 0 N–H and O–H groups in total. The van der Waals surface area contributed by atoms with E-state index in [4.69, 9.17) is 0 Å². The summed E-state index contributed by atoms with van der Waals surface area (Å²) in [4.78, 5) is 10.8. The summed E-state index contributed by atoms with van der Waals surface area (Å²) in [7, 11) is 0. The topological polar surface area (TPSA) is 13.0 Å². The highest BCUT2D eigenvalue weighted by atomic mass is 15.3. The fourth-order valence-electron chi connectivity index (χ4n) is 18.8. The zero-order valence-electron chi connectivity index (χ0n) is 48.0. The van der Waals surface area contributed by atoms with Gasteiger partial charge < -0.3 is 19.6 Å². The summed E-state index contributed by atoms with van der Waals surface area (Å²) in [6.07, 6.45) is 0. The van der Waals surface area contributed by atoms with Gasteiger partial charge in [-0.1, -0.05) is 235 Å². The Morgan fingerprint density at radius 3 is 0.899 bits per heavy atom. The number of nitrogens with zero attached hydrogens (tertiary/aromatic N) is 4. The summed E-state index contributed by atoms with van der Waals surface area (Å²) in [5.74, 6) is 0. The standard InChI is InChI=1S/C82H45B3N4/c1-3-21-46(22-4-1)86-66-39-19-37-62-77(66)88-79-64(83-60-35-17-15-33-56(60)72(58-41-43-68(86)81(88)74(58)83)70-52-29-11-7-25-48(52)49-26-8-12-30-53(49)70)45-65-80-76(79)85(62)63-38-20-40-67-78(63)89(80)82-69(87(67)47-23-5-2-6-24-47)44-42-59-73(57-34-16-18-36-61(57)84(65)75(59)82)71-54-31-13-9-27-50(54)51-28-10-14-32-55(51)71/h1-45H. The van der Waals surface area contributed by atoms with Crippen LogP contribution in [0, 0.1) is 0 Å². The van der Waals surface area contributed by atoms with Gasteiger partial charge in [0.05, 0.1) is 45.5 Å². The van der Waals surface area contributed by atoms with Gasteiger partial charge in [0.1, 0.15) is 0 Å². The third-order valence-corrected chi connectivity index (χ3v) is 21.8. The quantitative estimate of drug-likeness (QED) is 0.160. The van der Waals surface area contributed by atoms with Crippen LogP contribution < -0.4 is 68.8 Å². The van der Waals surface area contributed by atoms with Gasteiger partial charge in [-0.25, -0.2) is 0 Å². The van der Waals surface area contributed by atoms with Crippen LogP contribution in [0.15, 0.2) is 273 Å². The van der Waals surface area contributed by atoms with Gasteiger partial charge in [-0.2, -0.15) is 0 Å². The van der Waals surface area contributed by atoms with Crippen LogP contribution in [-0.2, 0) is 0 Å². The van der Waals surface area contributed by atoms with Crippen molar-refractivity contribution in [3.05, 3.63) is 317 Å². The molecule has 0 fully saturated rings. The van der Waals surface area contributed by atoms with Gasteiger partial charge in [-0.3, -0.25) is 0 Å². The highest BCUT2D eigenvalue weighted by Crippen LogP contribution is 2.62. The second kappa shape index (κ2) is 16.0. The van der Waals surface area contributed by atoms with Crippen molar-refractivity contribution in [2.45, 2.75) is 0 Å². The van der Waals surface area contributed by atoms with Crippen molar-refractivity contribution in [1.82, 2.24) is 0 Å². The summed E-state index contributed by atoms with van der Waals surface area (Å²) >= 11 is 0. The maximum absolute atomic E-state index is 2.80. The number of anilines is 12. The summed E-state index contributed by atoms with van der Waals surface area (Å²) in [6, 6.07) is 105. The van der Waals surface area contributed by atoms with E-state index in [-0.39, 0.29) is 20.1 Å². The van der Waals surface area contributed by atoms with Crippen molar-refractivity contribution >= 4 is 160 Å². The van der Waals surface area contributed by atoms with E-state index in [9.17, 15) is 0 Å². The molecule has 13 aromatic rings. The highest BCUT2D eigenvalue weighted by molar-refractivity contribution is 7.07. The molecule has 13 aromatic carbocycles. The summed E-state index contributed by atoms with van der Waals surface area (Å²) in [5, 5.41) is 0. The number of hydrogen-bond donors (Lipinski definition) is 0. The molecular weight excluding hydrogens is 1070 g/mol. The minimum absolute atomic E-state index is 0.0880. The molecule has 23 rings (SSSR count). The molecule has 0 spiro atoms. The van der Waals surface area contributed by atoms with Crippen molar-refractivity contribution < 1.29 is 0 Å². The fourth-order valence-corrected chi connectivity index (χ4v) is 18.8. The molecule has 0 bridgehead atoms. The molecule has 0 atom stereocenters. The van der Waals surface area contributed by atoms with Crippen LogP contribution in [0.4, 0.5) is 68.2 Å². The van der Waals surface area contributed by atoms with Crippen molar-refractivity contribution in [2.75, 3.05) is 19.6 Å². The molecule has 0 amide bonds. The zero-order valence-corrected chi connectivity index (χ0v) is 48.0. The average molecular weight is 1120 g/mol. The van der Waals surface area contributed by atoms with Gasteiger partial charge in [0, 0.05) is 22.7 Å². The normalized spacial score (nSPS) is 15.2. The third-order valence-electron chi connectivity index (χ3n) is 21.8. The largest absolute Gasteiger partial charge is 0.308 e. The molecule has 89 heavy (non-hydrogen) atoms. The Bertz CT molecular complexity index is 5190. The molecule has 0 saturated carbocycles. The van der Waals surface area contributed by atoms with Crippen LogP contribution in [0.2, 0.25) is 0 Å². The Morgan fingerprint density at radius 1 is 0.180 bits per heavy atom. The van der Waals surface area contributed by atoms with Crippen molar-refractivity contribution in [3.63, 3.8) is 0 Å². The first kappa shape index (κ1) is 46.0. The predicted octanol–water partition coefficient (Wildman–Crippen LogP) is 13.6. The van der Waals surface area contributed by atoms with Crippen LogP contribution in [0.5, 0.6) is 0 Å². The molecule has 0 radical (unpaired) electrons. The number of rotatable bonds is 2. The van der Waals surface area contributed by atoms with E-state index in [0.29, 0.717) is 0 Å². The van der Waals surface area contributed by atoms with E-state index in [1.807, 2.05) is 0 Å². The zero-order chi connectivity index (χ0) is 57.2. The van der Waals surface area contributed by atoms with E-state index in [2.05, 4.69) is 293 Å². The highest BCUT2D eigenvalue weighted by Gasteiger charge is 2.58. The van der Waals surface area contributed by atoms with Gasteiger partial charge in [0.2, 0.25) is 13.4 Å². The molecule has 4 nitrogen and oxygen atoms in total. The van der Waals surface area contributed by atoms with E-state index in [1.54, 1.807) is 0 Å². The first-order valence-electron chi connectivity index (χ1n) is 31.5. The molecule has 402 valence electrons. The van der Waals surface area contributed by atoms with E-state index < -0.39 is 0 Å². The predicted molar refractivity (Wildman–Crippen MR) is 373 cm³/mol. The number of hydrogen-bond acceptors (Lipinski definition) is 4. The Hall–Kier alpha value is -11.3. The maximum atomic E-state index is 2.80. The van der Waals surface area contributed by atoms with Gasteiger partial charge in [-0.05, 0) is 176 Å². The number of fused-ring (bicyclic) bond motifs is 14. The molecule has 0 unspecified atom stereocenters. The van der Waals surface area contributed by atoms with Crippen LogP contribution >= 0.6 is 0 Å². The lowest BCUT2D eigenvalue weighted by Gasteiger charge is -2.56. The lowest BCUT2D eigenvalue weighted by atomic mass is 9.24. The molecule has 2 aliphatic carbocycles. The van der Waals surface area contributed by atoms with E-state index in [0.717, 1.165) is 11.4 Å². The van der Waals surface area contributed by atoms with E-state index >= 15 is 0 Å². The molecule has 8 aliphatic heterocycles. The fraction of sp³-hybridized carbons (Fsp3) is 0. The molecule has 0 aromatic heterocycles. The maximum Gasteiger partial charge on any atom is 0.252 e. The van der Waals surface area contributed by atoms with Crippen LogP contribution in [-0.4, -0.2) is 20.1 Å². The molecular formula is C82H45B3N4. The Morgan fingerprint density at radius 2 is 0.494 bits per heavy atom. The molecule has 7 heteroatoms. The Balaban J connectivity index is 0.897. The van der Waals surface area contributed by atoms with Gasteiger partial charge in [0.25, 0.3) is 6.71 Å². The first-order valence-corrected chi connectivity index (χ1v) is 31.5. The summed E-state index contributed by atoms with van der Waals surface area (Å²) < 4.78 is 0. The van der Waals surface area contributed by atoms with E-state index in [1.165, 1.54) is 195 Å². The van der Waals surface area contributed by atoms with Crippen molar-refractivity contribution in [3.8, 4) is 22.3 Å². The molecule has 10 aliphatic rings. The van der Waals surface area contributed by atoms with Gasteiger partial charge in [-0.15, -0.1) is 0 Å².